The van der Waals surface area contributed by atoms with E-state index in [0.717, 1.165) is 16.7 Å². The normalized spacial score (nSPS) is 12.2. The molecule has 0 bridgehead atoms. The fourth-order valence-electron chi connectivity index (χ4n) is 5.36. The molecule has 2 amide bonds. The van der Waals surface area contributed by atoms with Crippen LogP contribution in [0.1, 0.15) is 44.5 Å². The molecule has 0 radical (unpaired) electrons. The van der Waals surface area contributed by atoms with Crippen molar-refractivity contribution in [2.75, 3.05) is 34.8 Å². The molecule has 45 heavy (non-hydrogen) atoms. The molecule has 0 fully saturated rings. The van der Waals surface area contributed by atoms with Crippen LogP contribution >= 0.6 is 23.2 Å². The highest BCUT2D eigenvalue weighted by Gasteiger charge is 2.37. The predicted molar refractivity (Wildman–Crippen MR) is 180 cm³/mol. The van der Waals surface area contributed by atoms with Crippen LogP contribution in [0.4, 0.5) is 17.1 Å². The maximum absolute atomic E-state index is 13.2. The van der Waals surface area contributed by atoms with Gasteiger partial charge in [0.1, 0.15) is 5.82 Å². The van der Waals surface area contributed by atoms with E-state index in [2.05, 4.69) is 20.0 Å². The number of hydrogen-bond acceptors (Lipinski definition) is 7. The lowest BCUT2D eigenvalue weighted by Crippen LogP contribution is -2.40. The first kappa shape index (κ1) is 34.0. The summed E-state index contributed by atoms with van der Waals surface area (Å²) in [5.41, 5.74) is 3.78. The van der Waals surface area contributed by atoms with Gasteiger partial charge in [0.15, 0.2) is 0 Å². The van der Waals surface area contributed by atoms with Gasteiger partial charge < -0.3 is 15.2 Å². The minimum absolute atomic E-state index is 0.0378. The van der Waals surface area contributed by atoms with E-state index in [1.165, 1.54) is 18.2 Å². The molecular weight excluding hydrogens is 639 g/mol. The smallest absolute Gasteiger partial charge is 0.257 e. The van der Waals surface area contributed by atoms with E-state index in [4.69, 9.17) is 28.4 Å². The standard InChI is InChI=1S/C31H36Cl2N6O5S/c1-30(2,16-31(3,4)29(41)37-42)17-45(43,44)38-19-7-10-21(24(33)14-19)28(40)34-18-8-11-23(32)22(13-18)27-35-25-12-9-20(39(5)6)15-26(25)36-27/h7-15,38,42H,16-17H2,1-6H3,(H,34,40)(H,35,36)(H,37,41). The van der Waals surface area contributed by atoms with Crippen LogP contribution in [0.5, 0.6) is 0 Å². The predicted octanol–water partition coefficient (Wildman–Crippen LogP) is 6.54. The molecule has 0 atom stereocenters. The molecule has 14 heteroatoms. The highest BCUT2D eigenvalue weighted by Crippen LogP contribution is 2.36. The number of hydrogen-bond donors (Lipinski definition) is 5. The number of benzene rings is 3. The molecular formula is C31H36Cl2N6O5S. The zero-order valence-corrected chi connectivity index (χ0v) is 28.1. The monoisotopic (exact) mass is 674 g/mol. The summed E-state index contributed by atoms with van der Waals surface area (Å²) in [7, 11) is 0.0303. The van der Waals surface area contributed by atoms with E-state index in [0.29, 0.717) is 22.1 Å². The van der Waals surface area contributed by atoms with Crippen LogP contribution in [0.25, 0.3) is 22.4 Å². The average Bonchev–Trinajstić information content (AvgIpc) is 3.35. The van der Waals surface area contributed by atoms with Crippen LogP contribution in [0, 0.1) is 10.8 Å². The molecule has 11 nitrogen and oxygen atoms in total. The number of nitrogens with one attached hydrogen (secondary N) is 4. The highest BCUT2D eigenvalue weighted by molar-refractivity contribution is 7.92. The van der Waals surface area contributed by atoms with E-state index in [1.54, 1.807) is 51.4 Å². The fraction of sp³-hybridized carbons (Fsp3) is 0.323. The third-order valence-corrected chi connectivity index (χ3v) is 9.52. The largest absolute Gasteiger partial charge is 0.378 e. The Morgan fingerprint density at radius 3 is 2.29 bits per heavy atom. The summed E-state index contributed by atoms with van der Waals surface area (Å²) < 4.78 is 28.5. The van der Waals surface area contributed by atoms with Gasteiger partial charge in [0.25, 0.3) is 5.91 Å². The Morgan fingerprint density at radius 1 is 0.956 bits per heavy atom. The second-order valence-corrected chi connectivity index (χ2v) is 15.1. The Hall–Kier alpha value is -3.84. The highest BCUT2D eigenvalue weighted by atomic mass is 35.5. The molecule has 240 valence electrons. The molecule has 0 aliphatic carbocycles. The number of rotatable bonds is 11. The molecule has 0 saturated carbocycles. The first-order valence-corrected chi connectivity index (χ1v) is 16.3. The number of amides is 2. The third-order valence-electron chi connectivity index (χ3n) is 7.17. The molecule has 0 aliphatic heterocycles. The van der Waals surface area contributed by atoms with E-state index in [-0.39, 0.29) is 28.4 Å². The van der Waals surface area contributed by atoms with Gasteiger partial charge in [-0.05, 0) is 66.4 Å². The van der Waals surface area contributed by atoms with Gasteiger partial charge in [-0.15, -0.1) is 0 Å². The number of aromatic amines is 1. The Kier molecular flexibility index (Phi) is 9.74. The van der Waals surface area contributed by atoms with Crippen molar-refractivity contribution in [3.63, 3.8) is 0 Å². The van der Waals surface area contributed by atoms with Crippen molar-refractivity contribution < 1.29 is 23.2 Å². The number of aromatic nitrogens is 2. The second kappa shape index (κ2) is 12.9. The molecule has 0 unspecified atom stereocenters. The average molecular weight is 676 g/mol. The van der Waals surface area contributed by atoms with Crippen molar-refractivity contribution in [1.29, 1.82) is 0 Å². The number of anilines is 3. The van der Waals surface area contributed by atoms with Crippen LogP contribution in [0.2, 0.25) is 10.0 Å². The van der Waals surface area contributed by atoms with Gasteiger partial charge in [0, 0.05) is 42.1 Å². The van der Waals surface area contributed by atoms with Crippen molar-refractivity contribution in [2.45, 2.75) is 34.1 Å². The molecule has 1 aromatic heterocycles. The van der Waals surface area contributed by atoms with Crippen molar-refractivity contribution in [3.8, 4) is 11.4 Å². The van der Waals surface area contributed by atoms with Crippen LogP contribution in [-0.4, -0.2) is 55.3 Å². The van der Waals surface area contributed by atoms with Crippen LogP contribution in [0.3, 0.4) is 0 Å². The van der Waals surface area contributed by atoms with Gasteiger partial charge >= 0.3 is 0 Å². The van der Waals surface area contributed by atoms with E-state index in [1.807, 2.05) is 37.2 Å². The van der Waals surface area contributed by atoms with E-state index in [9.17, 15) is 18.0 Å². The van der Waals surface area contributed by atoms with Gasteiger partial charge in [0.05, 0.1) is 32.4 Å². The molecule has 5 N–H and O–H groups in total. The van der Waals surface area contributed by atoms with Crippen LogP contribution in [0.15, 0.2) is 54.6 Å². The summed E-state index contributed by atoms with van der Waals surface area (Å²) in [6.45, 7) is 6.68. The lowest BCUT2D eigenvalue weighted by atomic mass is 9.76. The van der Waals surface area contributed by atoms with Crippen molar-refractivity contribution in [2.24, 2.45) is 10.8 Å². The molecule has 4 aromatic rings. The Labute approximate surface area is 272 Å². The van der Waals surface area contributed by atoms with Crippen molar-refractivity contribution in [1.82, 2.24) is 15.4 Å². The zero-order chi connectivity index (χ0) is 33.3. The van der Waals surface area contributed by atoms with E-state index < -0.39 is 32.7 Å². The number of nitrogens with zero attached hydrogens (tertiary/aromatic N) is 2. The summed E-state index contributed by atoms with van der Waals surface area (Å²) in [6, 6.07) is 15.1. The summed E-state index contributed by atoms with van der Waals surface area (Å²) in [6.07, 6.45) is 0.188. The fourth-order valence-corrected chi connectivity index (χ4v) is 7.52. The minimum Gasteiger partial charge on any atom is -0.378 e. The quantitative estimate of drug-likeness (QED) is 0.0892. The van der Waals surface area contributed by atoms with Gasteiger partial charge in [-0.2, -0.15) is 0 Å². The lowest BCUT2D eigenvalue weighted by molar-refractivity contribution is -0.139. The topological polar surface area (TPSA) is 157 Å². The number of halogens is 2. The number of sulfonamides is 1. The lowest BCUT2D eigenvalue weighted by Gasteiger charge is -2.33. The third kappa shape index (κ3) is 8.26. The summed E-state index contributed by atoms with van der Waals surface area (Å²) in [5, 5.41) is 12.3. The summed E-state index contributed by atoms with van der Waals surface area (Å²) in [5.74, 6) is -0.874. The number of fused-ring (bicyclic) bond motifs is 1. The van der Waals surface area contributed by atoms with E-state index >= 15 is 0 Å². The number of hydroxylamine groups is 1. The molecule has 3 aromatic carbocycles. The number of carbonyl (C=O) groups is 2. The Balaban J connectivity index is 1.48. The molecule has 0 spiro atoms. The first-order valence-electron chi connectivity index (χ1n) is 13.9. The minimum atomic E-state index is -3.87. The maximum Gasteiger partial charge on any atom is 0.257 e. The number of imidazole rings is 1. The van der Waals surface area contributed by atoms with Gasteiger partial charge in [0.2, 0.25) is 15.9 Å². The van der Waals surface area contributed by atoms with Gasteiger partial charge in [-0.1, -0.05) is 50.9 Å². The van der Waals surface area contributed by atoms with Crippen molar-refractivity contribution >= 4 is 73.1 Å². The molecule has 4 rings (SSSR count). The van der Waals surface area contributed by atoms with Crippen molar-refractivity contribution in [3.05, 3.63) is 70.2 Å². The van der Waals surface area contributed by atoms with Crippen LogP contribution in [-0.2, 0) is 14.8 Å². The number of carbonyl (C=O) groups excluding carboxylic acids is 2. The first-order chi connectivity index (χ1) is 20.9. The van der Waals surface area contributed by atoms with Crippen LogP contribution < -0.4 is 20.4 Å². The SMILES string of the molecule is CN(C)c1ccc2nc(-c3cc(NC(=O)c4ccc(NS(=O)(=O)CC(C)(C)CC(C)(C)C(=O)NO)cc4Cl)ccc3Cl)[nH]c2c1. The second-order valence-electron chi connectivity index (χ2n) is 12.6. The summed E-state index contributed by atoms with van der Waals surface area (Å²) >= 11 is 12.9. The number of H-pyrrole nitrogens is 1. The molecule has 0 saturated heterocycles. The zero-order valence-electron chi connectivity index (χ0n) is 25.7. The molecule has 1 heterocycles. The molecule has 0 aliphatic rings. The Bertz CT molecular complexity index is 1870. The summed E-state index contributed by atoms with van der Waals surface area (Å²) in [4.78, 5) is 35.1. The van der Waals surface area contributed by atoms with Gasteiger partial charge in [-0.25, -0.2) is 18.9 Å². The maximum atomic E-state index is 13.2. The van der Waals surface area contributed by atoms with Gasteiger partial charge in [-0.3, -0.25) is 19.5 Å². The Morgan fingerprint density at radius 2 is 1.64 bits per heavy atom.